The lowest BCUT2D eigenvalue weighted by molar-refractivity contribution is 0.592. The van der Waals surface area contributed by atoms with Gasteiger partial charge in [-0.05, 0) is 31.0 Å². The van der Waals surface area contributed by atoms with Crippen molar-refractivity contribution in [3.8, 4) is 0 Å². The van der Waals surface area contributed by atoms with E-state index in [1.165, 1.54) is 18.2 Å². The van der Waals surface area contributed by atoms with Crippen molar-refractivity contribution in [1.29, 1.82) is 0 Å². The maximum atomic E-state index is 13.3. The second-order valence-electron chi connectivity index (χ2n) is 4.10. The molecule has 1 aromatic heterocycles. The first-order valence-electron chi connectivity index (χ1n) is 5.00. The molecule has 1 aliphatic heterocycles. The Hall–Kier alpha value is -1.64. The van der Waals surface area contributed by atoms with E-state index < -0.39 is 0 Å². The highest BCUT2D eigenvalue weighted by Gasteiger charge is 2.21. The van der Waals surface area contributed by atoms with E-state index in [-0.39, 0.29) is 11.2 Å². The fraction of sp³-hybridized carbons (Fsp3) is 0.250. The van der Waals surface area contributed by atoms with Crippen LogP contribution in [0.4, 0.5) is 4.39 Å². The zero-order chi connectivity index (χ0) is 10.6. The van der Waals surface area contributed by atoms with Gasteiger partial charge in [0.05, 0.1) is 5.52 Å². The van der Waals surface area contributed by atoms with Crippen molar-refractivity contribution in [1.82, 2.24) is 4.57 Å². The van der Waals surface area contributed by atoms with Crippen LogP contribution in [0.3, 0.4) is 0 Å². The molecule has 0 spiro atoms. The summed E-state index contributed by atoms with van der Waals surface area (Å²) in [5, 5.41) is 0.497. The summed E-state index contributed by atoms with van der Waals surface area (Å²) < 4.78 is 15.3. The van der Waals surface area contributed by atoms with Gasteiger partial charge in [0.15, 0.2) is 5.43 Å². The van der Waals surface area contributed by atoms with Crippen molar-refractivity contribution in [2.24, 2.45) is 0 Å². The number of hydrogen-bond donors (Lipinski definition) is 0. The minimum absolute atomic E-state index is 0.101. The topological polar surface area (TPSA) is 22.0 Å². The first kappa shape index (κ1) is 8.65. The van der Waals surface area contributed by atoms with Crippen molar-refractivity contribution < 1.29 is 4.39 Å². The Kier molecular flexibility index (Phi) is 1.55. The number of aromatic nitrogens is 1. The van der Waals surface area contributed by atoms with Crippen molar-refractivity contribution in [3.63, 3.8) is 0 Å². The lowest BCUT2D eigenvalue weighted by Gasteiger charge is -2.08. The minimum atomic E-state index is -0.318. The minimum Gasteiger partial charge on any atom is -0.344 e. The Balaban J connectivity index is 2.57. The van der Waals surface area contributed by atoms with Crippen LogP contribution in [0.25, 0.3) is 10.9 Å². The summed E-state index contributed by atoms with van der Waals surface area (Å²) in [5.74, 6) is -0.318. The molecule has 0 aliphatic carbocycles. The van der Waals surface area contributed by atoms with Gasteiger partial charge in [-0.15, -0.1) is 0 Å². The first-order chi connectivity index (χ1) is 7.16. The Bertz CT molecular complexity index is 615. The Labute approximate surface area is 86.0 Å². The fourth-order valence-corrected chi connectivity index (χ4v) is 2.40. The molecule has 2 aromatic rings. The van der Waals surface area contributed by atoms with Crippen molar-refractivity contribution in [2.75, 3.05) is 0 Å². The maximum absolute atomic E-state index is 13.3. The smallest absolute Gasteiger partial charge is 0.189 e. The van der Waals surface area contributed by atoms with Gasteiger partial charge in [0.2, 0.25) is 0 Å². The fourth-order valence-electron chi connectivity index (χ4n) is 2.40. The predicted molar refractivity (Wildman–Crippen MR) is 56.6 cm³/mol. The highest BCUT2D eigenvalue weighted by atomic mass is 19.1. The van der Waals surface area contributed by atoms with Crippen LogP contribution in [0.1, 0.15) is 18.5 Å². The predicted octanol–water partition coefficient (Wildman–Crippen LogP) is 2.26. The van der Waals surface area contributed by atoms with E-state index in [0.717, 1.165) is 17.5 Å². The van der Waals surface area contributed by atoms with E-state index in [2.05, 4.69) is 6.92 Å². The van der Waals surface area contributed by atoms with E-state index in [1.807, 2.05) is 4.57 Å². The normalized spacial score (nSPS) is 18.7. The van der Waals surface area contributed by atoms with Gasteiger partial charge in [-0.1, -0.05) is 0 Å². The van der Waals surface area contributed by atoms with Gasteiger partial charge in [0.25, 0.3) is 0 Å². The van der Waals surface area contributed by atoms with Gasteiger partial charge in [-0.25, -0.2) is 4.39 Å². The molecule has 1 aromatic carbocycles. The molecule has 76 valence electrons. The van der Waals surface area contributed by atoms with Crippen LogP contribution in [0.5, 0.6) is 0 Å². The molecule has 1 aliphatic rings. The van der Waals surface area contributed by atoms with E-state index >= 15 is 0 Å². The van der Waals surface area contributed by atoms with Gasteiger partial charge in [-0.3, -0.25) is 4.79 Å². The van der Waals surface area contributed by atoms with Crippen molar-refractivity contribution in [2.45, 2.75) is 19.4 Å². The Morgan fingerprint density at radius 1 is 1.47 bits per heavy atom. The second-order valence-corrected chi connectivity index (χ2v) is 4.10. The van der Waals surface area contributed by atoms with Crippen LogP contribution in [0.2, 0.25) is 0 Å². The average Bonchev–Trinajstić information content (AvgIpc) is 2.49. The van der Waals surface area contributed by atoms with Gasteiger partial charge < -0.3 is 4.57 Å². The molecule has 0 bridgehead atoms. The zero-order valence-electron chi connectivity index (χ0n) is 8.33. The third-order valence-electron chi connectivity index (χ3n) is 3.05. The first-order valence-corrected chi connectivity index (χ1v) is 5.00. The van der Waals surface area contributed by atoms with Crippen LogP contribution in [0, 0.1) is 5.82 Å². The molecule has 0 saturated heterocycles. The van der Waals surface area contributed by atoms with Gasteiger partial charge in [0.1, 0.15) is 5.82 Å². The molecule has 0 amide bonds. The standard InChI is InChI=1S/C12H10FNO/c1-7-4-8-5-9(13)6-10-11(15)2-3-14(7)12(8)10/h2-3,5-7H,4H2,1H3. The summed E-state index contributed by atoms with van der Waals surface area (Å²) in [6.45, 7) is 2.07. The summed E-state index contributed by atoms with van der Waals surface area (Å²) >= 11 is 0. The lowest BCUT2D eigenvalue weighted by atomic mass is 10.1. The van der Waals surface area contributed by atoms with E-state index in [1.54, 1.807) is 6.20 Å². The van der Waals surface area contributed by atoms with Gasteiger partial charge >= 0.3 is 0 Å². The highest BCUT2D eigenvalue weighted by molar-refractivity contribution is 5.83. The molecule has 3 heteroatoms. The van der Waals surface area contributed by atoms with Crippen LogP contribution >= 0.6 is 0 Å². The number of pyridine rings is 1. The summed E-state index contributed by atoms with van der Waals surface area (Å²) in [5.41, 5.74) is 1.74. The summed E-state index contributed by atoms with van der Waals surface area (Å²) in [6, 6.07) is 4.68. The Morgan fingerprint density at radius 3 is 3.07 bits per heavy atom. The number of nitrogens with zero attached hydrogens (tertiary/aromatic N) is 1. The molecule has 1 unspecified atom stereocenters. The average molecular weight is 203 g/mol. The molecule has 3 rings (SSSR count). The van der Waals surface area contributed by atoms with Crippen molar-refractivity contribution >= 4 is 10.9 Å². The highest BCUT2D eigenvalue weighted by Crippen LogP contribution is 2.30. The lowest BCUT2D eigenvalue weighted by Crippen LogP contribution is -2.07. The summed E-state index contributed by atoms with van der Waals surface area (Å²) in [6.07, 6.45) is 2.60. The molecule has 0 fully saturated rings. The molecule has 1 atom stereocenters. The monoisotopic (exact) mass is 203 g/mol. The Morgan fingerprint density at radius 2 is 2.27 bits per heavy atom. The molecule has 0 N–H and O–H groups in total. The maximum Gasteiger partial charge on any atom is 0.189 e. The zero-order valence-corrected chi connectivity index (χ0v) is 8.33. The summed E-state index contributed by atoms with van der Waals surface area (Å²) in [7, 11) is 0. The molecular formula is C12H10FNO. The third kappa shape index (κ3) is 1.06. The summed E-state index contributed by atoms with van der Waals surface area (Å²) in [4.78, 5) is 11.6. The molecule has 0 radical (unpaired) electrons. The van der Waals surface area contributed by atoms with E-state index in [0.29, 0.717) is 11.4 Å². The number of hydrogen-bond acceptors (Lipinski definition) is 1. The van der Waals surface area contributed by atoms with Crippen LogP contribution in [-0.4, -0.2) is 4.57 Å². The number of halogens is 1. The largest absolute Gasteiger partial charge is 0.344 e. The van der Waals surface area contributed by atoms with Crippen LogP contribution in [-0.2, 0) is 6.42 Å². The molecule has 2 nitrogen and oxygen atoms in total. The molecule has 2 heterocycles. The van der Waals surface area contributed by atoms with Crippen molar-refractivity contribution in [3.05, 3.63) is 46.0 Å². The molecule has 15 heavy (non-hydrogen) atoms. The van der Waals surface area contributed by atoms with Gasteiger partial charge in [-0.2, -0.15) is 0 Å². The molecular weight excluding hydrogens is 193 g/mol. The second kappa shape index (κ2) is 2.69. The van der Waals surface area contributed by atoms with E-state index in [4.69, 9.17) is 0 Å². The SMILES string of the molecule is CC1Cc2cc(F)cc3c(=O)ccn1c23. The number of benzene rings is 1. The third-order valence-corrected chi connectivity index (χ3v) is 3.05. The molecule has 0 saturated carbocycles. The van der Waals surface area contributed by atoms with Gasteiger partial charge in [0, 0.05) is 23.7 Å². The van der Waals surface area contributed by atoms with E-state index in [9.17, 15) is 9.18 Å². The quantitative estimate of drug-likeness (QED) is 0.643. The van der Waals surface area contributed by atoms with Crippen LogP contribution < -0.4 is 5.43 Å². The van der Waals surface area contributed by atoms with Crippen LogP contribution in [0.15, 0.2) is 29.2 Å². The number of rotatable bonds is 0.